The Balaban J connectivity index is 3.57. The van der Waals surface area contributed by atoms with Crippen LogP contribution in [0.15, 0.2) is 11.8 Å². The van der Waals surface area contributed by atoms with Gasteiger partial charge in [0.05, 0.1) is 12.0 Å². The fourth-order valence-corrected chi connectivity index (χ4v) is 1.93. The summed E-state index contributed by atoms with van der Waals surface area (Å²) >= 11 is 0. The molecule has 0 saturated heterocycles. The van der Waals surface area contributed by atoms with Crippen molar-refractivity contribution in [3.05, 3.63) is 50.5 Å². The topological polar surface area (TPSA) is 111 Å². The zero-order valence-corrected chi connectivity index (χ0v) is 14.1. The lowest BCUT2D eigenvalue weighted by atomic mass is 9.98. The van der Waals surface area contributed by atoms with Crippen molar-refractivity contribution in [1.29, 1.82) is 0 Å². The van der Waals surface area contributed by atoms with Crippen molar-refractivity contribution in [2.24, 2.45) is 0 Å². The number of esters is 1. The number of carbonyl (C=O) groups is 2. The van der Waals surface area contributed by atoms with Crippen molar-refractivity contribution in [3.63, 3.8) is 0 Å². The molecule has 0 radical (unpaired) electrons. The van der Waals surface area contributed by atoms with Crippen LogP contribution in [0.25, 0.3) is 0 Å². The summed E-state index contributed by atoms with van der Waals surface area (Å²) in [5, 5.41) is 11.0. The number of hydrogen-bond acceptors (Lipinski definition) is 7. The average molecular weight is 375 g/mol. The molecule has 142 valence electrons. The Hall–Kier alpha value is -2.95. The molecule has 0 aromatic heterocycles. The molecule has 26 heavy (non-hydrogen) atoms. The van der Waals surface area contributed by atoms with Gasteiger partial charge in [0.1, 0.15) is 17.0 Å². The van der Waals surface area contributed by atoms with Crippen molar-refractivity contribution >= 4 is 17.4 Å². The predicted molar refractivity (Wildman–Crippen MR) is 83.6 cm³/mol. The number of carbonyl (C=O) groups excluding carboxylic acids is 2. The molecule has 0 fully saturated rings. The first-order chi connectivity index (χ1) is 12.2. The number of rotatable bonds is 8. The molecule has 1 aromatic carbocycles. The molecule has 11 heteroatoms. The number of nitro groups is 1. The minimum atomic E-state index is -2.00. The molecule has 8 nitrogen and oxygen atoms in total. The summed E-state index contributed by atoms with van der Waals surface area (Å²) in [6.07, 6.45) is 1.48. The van der Waals surface area contributed by atoms with E-state index in [0.717, 1.165) is 20.2 Å². The lowest BCUT2D eigenvalue weighted by Crippen LogP contribution is -2.30. The van der Waals surface area contributed by atoms with Crippen molar-refractivity contribution < 1.29 is 32.4 Å². The number of benzene rings is 1. The highest BCUT2D eigenvalue weighted by atomic mass is 19.2. The van der Waals surface area contributed by atoms with Crippen LogP contribution in [0.4, 0.5) is 18.9 Å². The van der Waals surface area contributed by atoms with E-state index in [2.05, 4.69) is 15.6 Å². The van der Waals surface area contributed by atoms with Crippen LogP contribution in [-0.2, 0) is 9.53 Å². The second-order valence-electron chi connectivity index (χ2n) is 5.00. The van der Waals surface area contributed by atoms with Gasteiger partial charge in [0.2, 0.25) is 11.6 Å². The van der Waals surface area contributed by atoms with Gasteiger partial charge in [-0.3, -0.25) is 14.9 Å². The number of halogens is 3. The minimum Gasteiger partial charge on any atom is -0.465 e. The summed E-state index contributed by atoms with van der Waals surface area (Å²) < 4.78 is 46.2. The maximum atomic E-state index is 14.3. The Labute approximate surface area is 146 Å². The zero-order chi connectivity index (χ0) is 20.0. The van der Waals surface area contributed by atoms with E-state index < -0.39 is 56.5 Å². The van der Waals surface area contributed by atoms with Crippen molar-refractivity contribution in [1.82, 2.24) is 10.9 Å². The zero-order valence-electron chi connectivity index (χ0n) is 14.1. The highest BCUT2D eigenvalue weighted by Crippen LogP contribution is 2.32. The lowest BCUT2D eigenvalue weighted by molar-refractivity contribution is -0.388. The highest BCUT2D eigenvalue weighted by molar-refractivity contribution is 6.25. The maximum absolute atomic E-state index is 14.3. The molecule has 0 aliphatic rings. The Morgan fingerprint density at radius 3 is 2.35 bits per heavy atom. The summed E-state index contributed by atoms with van der Waals surface area (Å²) in [4.78, 5) is 33.9. The number of ketones is 1. The van der Waals surface area contributed by atoms with Gasteiger partial charge in [-0.25, -0.2) is 19.0 Å². The third kappa shape index (κ3) is 4.17. The lowest BCUT2D eigenvalue weighted by Gasteiger charge is -2.11. The van der Waals surface area contributed by atoms with Crippen LogP contribution >= 0.6 is 0 Å². The molecule has 0 amide bonds. The van der Waals surface area contributed by atoms with Crippen LogP contribution < -0.4 is 10.9 Å². The van der Waals surface area contributed by atoms with Gasteiger partial charge < -0.3 is 10.2 Å². The van der Waals surface area contributed by atoms with E-state index in [1.165, 1.54) is 0 Å². The third-order valence-electron chi connectivity index (χ3n) is 3.27. The molecular formula is C15H16F3N3O5. The molecule has 0 unspecified atom stereocenters. The van der Waals surface area contributed by atoms with Crippen LogP contribution in [0.3, 0.4) is 0 Å². The van der Waals surface area contributed by atoms with E-state index in [9.17, 15) is 32.9 Å². The van der Waals surface area contributed by atoms with Gasteiger partial charge in [0.25, 0.3) is 0 Å². The fraction of sp³-hybridized carbons (Fsp3) is 0.333. The summed E-state index contributed by atoms with van der Waals surface area (Å²) in [6.45, 7) is 3.06. The molecule has 0 aliphatic carbocycles. The number of nitro benzene ring substituents is 1. The van der Waals surface area contributed by atoms with E-state index in [4.69, 9.17) is 0 Å². The first kappa shape index (κ1) is 21.1. The molecule has 1 rings (SSSR count). The quantitative estimate of drug-likeness (QED) is 0.0823. The van der Waals surface area contributed by atoms with Crippen LogP contribution in [0, 0.1) is 34.5 Å². The van der Waals surface area contributed by atoms with Crippen LogP contribution in [0.2, 0.25) is 0 Å². The van der Waals surface area contributed by atoms with E-state index in [0.29, 0.717) is 13.0 Å². The first-order valence-electron chi connectivity index (χ1n) is 7.31. The molecule has 0 aliphatic heterocycles. The fourth-order valence-electron chi connectivity index (χ4n) is 1.93. The van der Waals surface area contributed by atoms with E-state index in [1.807, 2.05) is 6.92 Å². The predicted octanol–water partition coefficient (Wildman–Crippen LogP) is 2.06. The molecular weight excluding hydrogens is 359 g/mol. The minimum absolute atomic E-state index is 0.429. The Morgan fingerprint density at radius 1 is 1.23 bits per heavy atom. The number of nitrogens with zero attached hydrogens (tertiary/aromatic N) is 1. The SMILES string of the molecule is CCCNNC=C(C(=O)OC)C(=O)c1c(F)c(C)c(F)c(F)c1[N+](=O)[O-]. The molecule has 0 saturated carbocycles. The molecule has 2 N–H and O–H groups in total. The second kappa shape index (κ2) is 8.94. The van der Waals surface area contributed by atoms with Crippen molar-refractivity contribution in [2.75, 3.05) is 13.7 Å². The van der Waals surface area contributed by atoms with Gasteiger partial charge in [0, 0.05) is 18.3 Å². The Morgan fingerprint density at radius 2 is 1.85 bits per heavy atom. The summed E-state index contributed by atoms with van der Waals surface area (Å²) in [6, 6.07) is 0. The van der Waals surface area contributed by atoms with Gasteiger partial charge in [-0.15, -0.1) is 0 Å². The third-order valence-corrected chi connectivity index (χ3v) is 3.27. The number of hydrogen-bond donors (Lipinski definition) is 2. The maximum Gasteiger partial charge on any atom is 0.343 e. The molecule has 0 spiro atoms. The number of hydrazine groups is 1. The number of ether oxygens (including phenoxy) is 1. The standard InChI is InChI=1S/C15H16F3N3O5/c1-4-5-19-20-6-8(15(23)26-3)14(22)9-10(16)7(2)11(17)12(18)13(9)21(24)25/h6,19-20H,4-5H2,1-3H3. The molecule has 0 bridgehead atoms. The van der Waals surface area contributed by atoms with Crippen molar-refractivity contribution in [2.45, 2.75) is 20.3 Å². The van der Waals surface area contributed by atoms with Crippen LogP contribution in [-0.4, -0.2) is 30.3 Å². The van der Waals surface area contributed by atoms with E-state index >= 15 is 0 Å². The largest absolute Gasteiger partial charge is 0.465 e. The number of methoxy groups -OCH3 is 1. The second-order valence-corrected chi connectivity index (χ2v) is 5.00. The highest BCUT2D eigenvalue weighted by Gasteiger charge is 2.37. The van der Waals surface area contributed by atoms with Gasteiger partial charge in [-0.2, -0.15) is 4.39 Å². The average Bonchev–Trinajstić information content (AvgIpc) is 2.61. The summed E-state index contributed by atoms with van der Waals surface area (Å²) in [5.41, 5.74) is 0.101. The van der Waals surface area contributed by atoms with Crippen molar-refractivity contribution in [3.8, 4) is 0 Å². The smallest absolute Gasteiger partial charge is 0.343 e. The normalized spacial score (nSPS) is 11.2. The summed E-state index contributed by atoms with van der Waals surface area (Å²) in [5.74, 6) is -8.22. The molecule has 0 heterocycles. The Kier molecular flexibility index (Phi) is 7.26. The van der Waals surface area contributed by atoms with Crippen LogP contribution in [0.1, 0.15) is 29.3 Å². The van der Waals surface area contributed by atoms with Crippen LogP contribution in [0.5, 0.6) is 0 Å². The summed E-state index contributed by atoms with van der Waals surface area (Å²) in [7, 11) is 0.921. The van der Waals surface area contributed by atoms with Gasteiger partial charge in [0.15, 0.2) is 5.82 Å². The van der Waals surface area contributed by atoms with Gasteiger partial charge >= 0.3 is 11.7 Å². The van der Waals surface area contributed by atoms with E-state index in [-0.39, 0.29) is 0 Å². The van der Waals surface area contributed by atoms with Gasteiger partial charge in [-0.1, -0.05) is 6.92 Å². The number of Topliss-reactive ketones (excluding diaryl/α,β-unsaturated/α-hetero) is 1. The van der Waals surface area contributed by atoms with Gasteiger partial charge in [-0.05, 0) is 13.3 Å². The number of nitrogens with one attached hydrogen (secondary N) is 2. The Bertz CT molecular complexity index is 781. The molecule has 0 atom stereocenters. The van der Waals surface area contributed by atoms with E-state index in [1.54, 1.807) is 0 Å². The molecule has 1 aromatic rings. The first-order valence-corrected chi connectivity index (χ1v) is 7.31. The monoisotopic (exact) mass is 375 g/mol.